The van der Waals surface area contributed by atoms with E-state index in [4.69, 9.17) is 5.11 Å². The number of hydrogen-bond acceptors (Lipinski definition) is 4. The van der Waals surface area contributed by atoms with Gasteiger partial charge < -0.3 is 15.3 Å². The molecule has 0 unspecified atom stereocenters. The summed E-state index contributed by atoms with van der Waals surface area (Å²) in [6.45, 7) is 1.15. The summed E-state index contributed by atoms with van der Waals surface area (Å²) >= 11 is 0. The number of benzene rings is 4. The van der Waals surface area contributed by atoms with Gasteiger partial charge in [-0.2, -0.15) is 0 Å². The number of aliphatic hydroxyl groups is 3. The smallest absolute Gasteiger partial charge is 0.0815 e. The minimum absolute atomic E-state index is 0.0212. The van der Waals surface area contributed by atoms with Gasteiger partial charge in [-0.25, -0.2) is 0 Å². The third kappa shape index (κ3) is 4.94. The van der Waals surface area contributed by atoms with Crippen LogP contribution in [-0.4, -0.2) is 39.9 Å². The first-order valence-electron chi connectivity index (χ1n) is 10.7. The summed E-state index contributed by atoms with van der Waals surface area (Å²) in [7, 11) is 2.00. The van der Waals surface area contributed by atoms with E-state index >= 15 is 0 Å². The standard InChI is InChI=1S/C27H29NO3/c1-28(16-23(30)15-27(31)20-12-10-19(18-29)11-13-20)17-26-24-8-4-2-6-21(24)14-22-7-3-5-9-25(22)26/h2-14,23,27,29-31H,15-18H2,1H3/t23-,27+/m0/s1. The molecule has 4 nitrogen and oxygen atoms in total. The van der Waals surface area contributed by atoms with Crippen molar-refractivity contribution in [3.8, 4) is 0 Å². The molecule has 4 heteroatoms. The molecule has 0 heterocycles. The van der Waals surface area contributed by atoms with Crippen LogP contribution in [0.5, 0.6) is 0 Å². The van der Waals surface area contributed by atoms with E-state index in [0.717, 1.165) is 11.1 Å². The Morgan fingerprint density at radius 1 is 0.806 bits per heavy atom. The van der Waals surface area contributed by atoms with Crippen molar-refractivity contribution in [3.63, 3.8) is 0 Å². The van der Waals surface area contributed by atoms with Crippen molar-refractivity contribution in [2.45, 2.75) is 31.8 Å². The highest BCUT2D eigenvalue weighted by molar-refractivity contribution is 6.02. The van der Waals surface area contributed by atoms with E-state index in [0.29, 0.717) is 13.1 Å². The molecule has 0 bridgehead atoms. The van der Waals surface area contributed by atoms with Crippen molar-refractivity contribution in [2.75, 3.05) is 13.6 Å². The third-order valence-electron chi connectivity index (χ3n) is 5.88. The lowest BCUT2D eigenvalue weighted by atomic mass is 9.96. The van der Waals surface area contributed by atoms with Crippen LogP contribution < -0.4 is 0 Å². The van der Waals surface area contributed by atoms with E-state index in [1.54, 1.807) is 24.3 Å². The Morgan fingerprint density at radius 2 is 1.39 bits per heavy atom. The van der Waals surface area contributed by atoms with Gasteiger partial charge in [0.1, 0.15) is 0 Å². The average Bonchev–Trinajstić information content (AvgIpc) is 2.78. The molecule has 0 saturated heterocycles. The first-order valence-corrected chi connectivity index (χ1v) is 10.7. The second kappa shape index (κ2) is 9.58. The molecule has 160 valence electrons. The molecule has 0 radical (unpaired) electrons. The van der Waals surface area contributed by atoms with Crippen molar-refractivity contribution in [3.05, 3.63) is 95.6 Å². The van der Waals surface area contributed by atoms with Crippen LogP contribution in [0.25, 0.3) is 21.5 Å². The van der Waals surface area contributed by atoms with Crippen LogP contribution >= 0.6 is 0 Å². The lowest BCUT2D eigenvalue weighted by Gasteiger charge is -2.24. The first-order chi connectivity index (χ1) is 15.0. The van der Waals surface area contributed by atoms with Crippen LogP contribution in [-0.2, 0) is 13.2 Å². The van der Waals surface area contributed by atoms with Crippen molar-refractivity contribution in [2.24, 2.45) is 0 Å². The molecule has 0 fully saturated rings. The van der Waals surface area contributed by atoms with Crippen molar-refractivity contribution < 1.29 is 15.3 Å². The van der Waals surface area contributed by atoms with Crippen molar-refractivity contribution in [1.29, 1.82) is 0 Å². The zero-order valence-electron chi connectivity index (χ0n) is 17.8. The van der Waals surface area contributed by atoms with Gasteiger partial charge >= 0.3 is 0 Å². The quantitative estimate of drug-likeness (QED) is 0.373. The second-order valence-electron chi connectivity index (χ2n) is 8.30. The number of likely N-dealkylation sites (N-methyl/N-ethyl adjacent to an activating group) is 1. The molecule has 4 aromatic rings. The molecule has 0 aliphatic heterocycles. The number of hydrogen-bond donors (Lipinski definition) is 3. The van der Waals surface area contributed by atoms with Gasteiger partial charge in [0.15, 0.2) is 0 Å². The summed E-state index contributed by atoms with van der Waals surface area (Å²) in [5, 5.41) is 35.2. The molecule has 0 saturated carbocycles. The Hall–Kier alpha value is -2.76. The van der Waals surface area contributed by atoms with Gasteiger partial charge in [0.05, 0.1) is 18.8 Å². The van der Waals surface area contributed by atoms with E-state index in [1.165, 1.54) is 27.1 Å². The van der Waals surface area contributed by atoms with Gasteiger partial charge in [0.2, 0.25) is 0 Å². The van der Waals surface area contributed by atoms with Gasteiger partial charge in [-0.15, -0.1) is 0 Å². The highest BCUT2D eigenvalue weighted by Gasteiger charge is 2.17. The highest BCUT2D eigenvalue weighted by Crippen LogP contribution is 2.29. The molecule has 0 aliphatic carbocycles. The minimum atomic E-state index is -0.741. The van der Waals surface area contributed by atoms with Gasteiger partial charge in [0, 0.05) is 19.5 Å². The zero-order valence-corrected chi connectivity index (χ0v) is 17.8. The summed E-state index contributed by atoms with van der Waals surface area (Å²) in [5.41, 5.74) is 2.81. The molecule has 0 aromatic heterocycles. The molecular formula is C27H29NO3. The predicted molar refractivity (Wildman–Crippen MR) is 126 cm³/mol. The van der Waals surface area contributed by atoms with Crippen LogP contribution in [0.15, 0.2) is 78.9 Å². The maximum Gasteiger partial charge on any atom is 0.0815 e. The molecule has 0 amide bonds. The second-order valence-corrected chi connectivity index (χ2v) is 8.30. The summed E-state index contributed by atoms with van der Waals surface area (Å²) in [4.78, 5) is 2.11. The van der Waals surface area contributed by atoms with Gasteiger partial charge in [-0.1, -0.05) is 72.8 Å². The molecular weight excluding hydrogens is 386 g/mol. The summed E-state index contributed by atoms with van der Waals surface area (Å²) in [6, 6.07) is 26.2. The SMILES string of the molecule is CN(Cc1c2ccccc2cc2ccccc12)C[C@@H](O)C[C@@H](O)c1ccc(CO)cc1. The number of fused-ring (bicyclic) bond motifs is 2. The number of aliphatic hydroxyl groups excluding tert-OH is 3. The van der Waals surface area contributed by atoms with Gasteiger partial charge in [-0.05, 0) is 51.3 Å². The number of nitrogens with zero attached hydrogens (tertiary/aromatic N) is 1. The van der Waals surface area contributed by atoms with Gasteiger partial charge in [-0.3, -0.25) is 4.90 Å². The van der Waals surface area contributed by atoms with E-state index in [-0.39, 0.29) is 13.0 Å². The van der Waals surface area contributed by atoms with Crippen molar-refractivity contribution in [1.82, 2.24) is 4.90 Å². The molecule has 0 spiro atoms. The molecule has 4 aromatic carbocycles. The molecule has 4 rings (SSSR count). The molecule has 2 atom stereocenters. The maximum atomic E-state index is 10.6. The van der Waals surface area contributed by atoms with Crippen LogP contribution in [0.1, 0.15) is 29.2 Å². The summed E-state index contributed by atoms with van der Waals surface area (Å²) < 4.78 is 0. The zero-order chi connectivity index (χ0) is 21.8. The first kappa shape index (κ1) is 21.5. The van der Waals surface area contributed by atoms with Crippen LogP contribution in [0.4, 0.5) is 0 Å². The van der Waals surface area contributed by atoms with Gasteiger partial charge in [0.25, 0.3) is 0 Å². The Bertz CT molecular complexity index is 1100. The lowest BCUT2D eigenvalue weighted by Crippen LogP contribution is -2.30. The van der Waals surface area contributed by atoms with Crippen molar-refractivity contribution >= 4 is 21.5 Å². The van der Waals surface area contributed by atoms with E-state index in [2.05, 4.69) is 59.5 Å². The third-order valence-corrected chi connectivity index (χ3v) is 5.88. The Morgan fingerprint density at radius 3 is 1.97 bits per heavy atom. The maximum absolute atomic E-state index is 10.6. The lowest BCUT2D eigenvalue weighted by molar-refractivity contribution is 0.0581. The fourth-order valence-electron chi connectivity index (χ4n) is 4.29. The normalized spacial score (nSPS) is 13.7. The van der Waals surface area contributed by atoms with E-state index in [1.807, 2.05) is 7.05 Å². The van der Waals surface area contributed by atoms with E-state index in [9.17, 15) is 10.2 Å². The average molecular weight is 416 g/mol. The summed E-state index contributed by atoms with van der Waals surface area (Å²) in [5.74, 6) is 0. The Balaban J connectivity index is 1.47. The molecule has 31 heavy (non-hydrogen) atoms. The topological polar surface area (TPSA) is 63.9 Å². The van der Waals surface area contributed by atoms with Crippen LogP contribution in [0.3, 0.4) is 0 Å². The molecule has 0 aliphatic rings. The summed E-state index contributed by atoms with van der Waals surface area (Å²) in [6.07, 6.45) is -1.13. The number of rotatable bonds is 8. The Labute approximate surface area is 183 Å². The van der Waals surface area contributed by atoms with Crippen LogP contribution in [0.2, 0.25) is 0 Å². The minimum Gasteiger partial charge on any atom is -0.392 e. The largest absolute Gasteiger partial charge is 0.392 e. The van der Waals surface area contributed by atoms with Crippen LogP contribution in [0, 0.1) is 0 Å². The van der Waals surface area contributed by atoms with E-state index < -0.39 is 12.2 Å². The highest BCUT2D eigenvalue weighted by atomic mass is 16.3. The molecule has 3 N–H and O–H groups in total. The predicted octanol–water partition coefficient (Wildman–Crippen LogP) is 4.40. The fourth-order valence-corrected chi connectivity index (χ4v) is 4.29. The fraction of sp³-hybridized carbons (Fsp3) is 0.259. The Kier molecular flexibility index (Phi) is 6.64. The monoisotopic (exact) mass is 415 g/mol.